The third-order valence-corrected chi connectivity index (χ3v) is 2.11. The largest absolute Gasteiger partial charge is 0.623 e. The van der Waals surface area contributed by atoms with Crippen molar-refractivity contribution in [1.82, 2.24) is 0 Å². The molecule has 16 heavy (non-hydrogen) atoms. The van der Waals surface area contributed by atoms with Crippen LogP contribution >= 0.6 is 0 Å². The van der Waals surface area contributed by atoms with Crippen molar-refractivity contribution < 1.29 is 14.3 Å². The van der Waals surface area contributed by atoms with E-state index in [1.807, 2.05) is 30.3 Å². The normalized spacial score (nSPS) is 11.9. The van der Waals surface area contributed by atoms with Crippen LogP contribution < -0.4 is 0 Å². The summed E-state index contributed by atoms with van der Waals surface area (Å²) in [7, 11) is 0. The Kier molecular flexibility index (Phi) is 4.51. The van der Waals surface area contributed by atoms with E-state index in [-0.39, 0.29) is 18.9 Å². The predicted octanol–water partition coefficient (Wildman–Crippen LogP) is 1.72. The molecule has 0 aliphatic heterocycles. The van der Waals surface area contributed by atoms with Crippen LogP contribution in [0.15, 0.2) is 30.3 Å². The smallest absolute Gasteiger partial charge is 0.399 e. The minimum Gasteiger partial charge on any atom is -0.623 e. The Balaban J connectivity index is 2.73. The number of carbonyl (C=O) groups is 1. The Morgan fingerprint density at radius 2 is 2.00 bits per heavy atom. The molecule has 1 aromatic rings. The lowest BCUT2D eigenvalue weighted by molar-refractivity contribution is -0.474. The number of hydroxylamine groups is 1. The van der Waals surface area contributed by atoms with Crippen LogP contribution in [0.5, 0.6) is 0 Å². The quantitative estimate of drug-likeness (QED) is 0.256. The van der Waals surface area contributed by atoms with E-state index in [1.54, 1.807) is 6.92 Å². The molecular weight excluding hydrogens is 206 g/mol. The molecule has 0 unspecified atom stereocenters. The summed E-state index contributed by atoms with van der Waals surface area (Å²) < 4.78 is 5.39. The molecule has 0 aliphatic carbocycles. The Morgan fingerprint density at radius 1 is 1.38 bits per heavy atom. The molecule has 4 nitrogen and oxygen atoms in total. The minimum atomic E-state index is -0.562. The molecule has 0 N–H and O–H groups in total. The van der Waals surface area contributed by atoms with Crippen molar-refractivity contribution in [3.05, 3.63) is 41.1 Å². The van der Waals surface area contributed by atoms with Crippen molar-refractivity contribution in [2.75, 3.05) is 6.61 Å². The maximum atomic E-state index is 11.6. The monoisotopic (exact) mass is 221 g/mol. The van der Waals surface area contributed by atoms with Crippen LogP contribution in [0.2, 0.25) is 0 Å². The molecule has 1 rings (SSSR count). The fourth-order valence-corrected chi connectivity index (χ4v) is 1.21. The summed E-state index contributed by atoms with van der Waals surface area (Å²) in [6, 6.07) is 9.25. The van der Waals surface area contributed by atoms with E-state index < -0.39 is 5.97 Å². The SMILES string of the molecule is CCOC(=O)/C(C)=[N+](/[O-])Cc1ccccc1. The number of esters is 1. The van der Waals surface area contributed by atoms with E-state index in [0.29, 0.717) is 4.74 Å². The van der Waals surface area contributed by atoms with Gasteiger partial charge >= 0.3 is 5.97 Å². The van der Waals surface area contributed by atoms with E-state index in [0.717, 1.165) is 5.56 Å². The van der Waals surface area contributed by atoms with Crippen LogP contribution in [0.3, 0.4) is 0 Å². The van der Waals surface area contributed by atoms with Crippen LogP contribution in [-0.2, 0) is 16.1 Å². The van der Waals surface area contributed by atoms with E-state index in [2.05, 4.69) is 0 Å². The first-order valence-electron chi connectivity index (χ1n) is 5.14. The van der Waals surface area contributed by atoms with Gasteiger partial charge in [0.2, 0.25) is 0 Å². The van der Waals surface area contributed by atoms with E-state index in [9.17, 15) is 10.0 Å². The first-order valence-corrected chi connectivity index (χ1v) is 5.14. The Bertz CT molecular complexity index is 385. The Hall–Kier alpha value is -1.84. The zero-order chi connectivity index (χ0) is 12.0. The maximum Gasteiger partial charge on any atom is 0.399 e. The van der Waals surface area contributed by atoms with E-state index >= 15 is 0 Å². The first-order chi connectivity index (χ1) is 7.65. The molecule has 0 radical (unpaired) electrons. The van der Waals surface area contributed by atoms with Crippen molar-refractivity contribution in [3.63, 3.8) is 0 Å². The van der Waals surface area contributed by atoms with Crippen molar-refractivity contribution in [1.29, 1.82) is 0 Å². The van der Waals surface area contributed by atoms with E-state index in [4.69, 9.17) is 4.74 Å². The number of ether oxygens (including phenoxy) is 1. The van der Waals surface area contributed by atoms with Crippen molar-refractivity contribution in [2.45, 2.75) is 20.4 Å². The first kappa shape index (κ1) is 12.2. The summed E-state index contributed by atoms with van der Waals surface area (Å²) in [5, 5.41) is 11.6. The van der Waals surface area contributed by atoms with Gasteiger partial charge in [0.1, 0.15) is 0 Å². The third kappa shape index (κ3) is 3.38. The number of hydrogen-bond donors (Lipinski definition) is 0. The summed E-state index contributed by atoms with van der Waals surface area (Å²) in [5.41, 5.74) is 0.937. The molecular formula is C12H15NO3. The lowest BCUT2D eigenvalue weighted by atomic mass is 10.2. The molecule has 0 aromatic heterocycles. The van der Waals surface area contributed by atoms with Gasteiger partial charge < -0.3 is 9.94 Å². The van der Waals surface area contributed by atoms with E-state index in [1.165, 1.54) is 6.92 Å². The topological polar surface area (TPSA) is 52.4 Å². The highest BCUT2D eigenvalue weighted by molar-refractivity contribution is 6.33. The highest BCUT2D eigenvalue weighted by Crippen LogP contribution is 2.00. The van der Waals surface area contributed by atoms with Crippen LogP contribution in [0.4, 0.5) is 0 Å². The maximum absolute atomic E-state index is 11.6. The molecule has 0 saturated carbocycles. The molecule has 0 spiro atoms. The van der Waals surface area contributed by atoms with Gasteiger partial charge in [0.25, 0.3) is 5.71 Å². The molecule has 0 aliphatic rings. The zero-order valence-electron chi connectivity index (χ0n) is 9.47. The summed E-state index contributed by atoms with van der Waals surface area (Å²) in [4.78, 5) is 11.3. The predicted molar refractivity (Wildman–Crippen MR) is 61.1 cm³/mol. The van der Waals surface area contributed by atoms with Crippen LogP contribution in [0.25, 0.3) is 0 Å². The second-order valence-electron chi connectivity index (χ2n) is 3.33. The van der Waals surface area contributed by atoms with Gasteiger partial charge in [0.15, 0.2) is 6.54 Å². The summed E-state index contributed by atoms with van der Waals surface area (Å²) in [6.45, 7) is 3.60. The fourth-order valence-electron chi connectivity index (χ4n) is 1.21. The average molecular weight is 221 g/mol. The van der Waals surface area contributed by atoms with Crippen molar-refractivity contribution in [2.24, 2.45) is 0 Å². The molecule has 4 heteroatoms. The number of rotatable bonds is 4. The average Bonchev–Trinajstić information content (AvgIpc) is 2.29. The lowest BCUT2D eigenvalue weighted by Gasteiger charge is -2.07. The van der Waals surface area contributed by atoms with Gasteiger partial charge in [-0.3, -0.25) is 0 Å². The molecule has 0 heterocycles. The molecule has 0 atom stereocenters. The zero-order valence-corrected chi connectivity index (χ0v) is 9.47. The van der Waals surface area contributed by atoms with Crippen LogP contribution in [-0.4, -0.2) is 23.0 Å². The molecule has 86 valence electrons. The van der Waals surface area contributed by atoms with Gasteiger partial charge in [0, 0.05) is 12.5 Å². The van der Waals surface area contributed by atoms with Crippen LogP contribution in [0.1, 0.15) is 19.4 Å². The van der Waals surface area contributed by atoms with Gasteiger partial charge in [-0.05, 0) is 6.92 Å². The number of nitrogens with zero attached hydrogens (tertiary/aromatic N) is 1. The standard InChI is InChI=1S/C12H15NO3/c1-3-16-12(14)10(2)13(15)9-11-7-5-4-6-8-11/h4-8H,3,9H2,1-2H3/b13-10+. The second kappa shape index (κ2) is 5.90. The lowest BCUT2D eigenvalue weighted by Crippen LogP contribution is -2.23. The third-order valence-electron chi connectivity index (χ3n) is 2.11. The summed E-state index contributed by atoms with van der Waals surface area (Å²) in [5.74, 6) is -0.562. The van der Waals surface area contributed by atoms with Crippen molar-refractivity contribution in [3.8, 4) is 0 Å². The van der Waals surface area contributed by atoms with Crippen molar-refractivity contribution >= 4 is 11.7 Å². The minimum absolute atomic E-state index is 0.0747. The second-order valence-corrected chi connectivity index (χ2v) is 3.33. The molecule has 0 amide bonds. The van der Waals surface area contributed by atoms with Gasteiger partial charge in [-0.2, -0.15) is 4.74 Å². The van der Waals surface area contributed by atoms with Crippen LogP contribution in [0, 0.1) is 5.21 Å². The molecule has 0 fully saturated rings. The summed E-state index contributed by atoms with van der Waals surface area (Å²) in [6.07, 6.45) is 0. The highest BCUT2D eigenvalue weighted by atomic mass is 16.5. The number of benzene rings is 1. The van der Waals surface area contributed by atoms with Gasteiger partial charge in [-0.25, -0.2) is 4.79 Å². The van der Waals surface area contributed by atoms with Gasteiger partial charge in [-0.15, -0.1) is 0 Å². The number of hydrogen-bond acceptors (Lipinski definition) is 3. The van der Waals surface area contributed by atoms with Gasteiger partial charge in [-0.1, -0.05) is 30.3 Å². The highest BCUT2D eigenvalue weighted by Gasteiger charge is 2.15. The molecule has 1 aromatic carbocycles. The molecule has 0 bridgehead atoms. The van der Waals surface area contributed by atoms with Gasteiger partial charge in [0.05, 0.1) is 6.61 Å². The fraction of sp³-hybridized carbons (Fsp3) is 0.333. The number of carbonyl (C=O) groups excluding carboxylic acids is 1. The molecule has 0 saturated heterocycles. The Morgan fingerprint density at radius 3 is 2.56 bits per heavy atom. The Labute approximate surface area is 94.7 Å². The summed E-state index contributed by atoms with van der Waals surface area (Å²) >= 11 is 0.